The van der Waals surface area contributed by atoms with Crippen molar-refractivity contribution in [3.8, 4) is 0 Å². The molecule has 2 N–H and O–H groups in total. The predicted molar refractivity (Wildman–Crippen MR) is 70.4 cm³/mol. The van der Waals surface area contributed by atoms with Crippen LogP contribution >= 0.6 is 0 Å². The molecule has 1 aromatic heterocycles. The molecule has 0 bridgehead atoms. The first-order valence-electron chi connectivity index (χ1n) is 6.22. The zero-order valence-electron chi connectivity index (χ0n) is 11.5. The monoisotopic (exact) mass is 268 g/mol. The summed E-state index contributed by atoms with van der Waals surface area (Å²) in [6.07, 6.45) is 1.89. The molecule has 19 heavy (non-hydrogen) atoms. The molecular formula is C13H20N2O4. The second-order valence-electron chi connectivity index (χ2n) is 4.69. The highest BCUT2D eigenvalue weighted by Gasteiger charge is 2.14. The van der Waals surface area contributed by atoms with E-state index in [2.05, 4.69) is 24.1 Å². The third-order valence-corrected chi connectivity index (χ3v) is 2.92. The molecule has 0 aliphatic carbocycles. The molecule has 6 nitrogen and oxygen atoms in total. The van der Waals surface area contributed by atoms with Crippen molar-refractivity contribution in [2.45, 2.75) is 26.3 Å². The predicted octanol–water partition coefficient (Wildman–Crippen LogP) is 1.44. The largest absolute Gasteiger partial charge is 0.478 e. The van der Waals surface area contributed by atoms with E-state index in [0.29, 0.717) is 12.6 Å². The average Bonchev–Trinajstić information content (AvgIpc) is 2.83. The molecule has 0 aliphatic rings. The average molecular weight is 268 g/mol. The number of carboxylic acid groups (broad SMARTS) is 1. The number of amides is 1. The molecule has 0 aromatic carbocycles. The topological polar surface area (TPSA) is 82.8 Å². The number of hydrogen-bond donors (Lipinski definition) is 2. The summed E-state index contributed by atoms with van der Waals surface area (Å²) in [5.74, 6) is -1.48. The summed E-state index contributed by atoms with van der Waals surface area (Å²) in [5.41, 5.74) is -0.0234. The summed E-state index contributed by atoms with van der Waals surface area (Å²) in [6.45, 7) is 5.62. The Morgan fingerprint density at radius 1 is 1.47 bits per heavy atom. The summed E-state index contributed by atoms with van der Waals surface area (Å²) >= 11 is 0. The van der Waals surface area contributed by atoms with Gasteiger partial charge in [-0.25, -0.2) is 4.79 Å². The van der Waals surface area contributed by atoms with Gasteiger partial charge in [0.2, 0.25) is 0 Å². The van der Waals surface area contributed by atoms with E-state index in [-0.39, 0.29) is 17.2 Å². The number of aromatic carboxylic acids is 1. The molecule has 1 rings (SSSR count). The van der Waals surface area contributed by atoms with Gasteiger partial charge in [0.25, 0.3) is 5.91 Å². The third-order valence-electron chi connectivity index (χ3n) is 2.92. The zero-order valence-corrected chi connectivity index (χ0v) is 11.5. The van der Waals surface area contributed by atoms with Crippen molar-refractivity contribution in [3.05, 3.63) is 23.7 Å². The molecule has 0 unspecified atom stereocenters. The minimum atomic E-state index is -1.11. The number of nitrogens with one attached hydrogen (secondary N) is 1. The van der Waals surface area contributed by atoms with Crippen molar-refractivity contribution >= 4 is 11.9 Å². The summed E-state index contributed by atoms with van der Waals surface area (Å²) < 4.78 is 4.90. The second-order valence-corrected chi connectivity index (χ2v) is 4.69. The highest BCUT2D eigenvalue weighted by atomic mass is 16.4. The van der Waals surface area contributed by atoms with Gasteiger partial charge >= 0.3 is 5.97 Å². The van der Waals surface area contributed by atoms with Crippen LogP contribution in [0.15, 0.2) is 16.7 Å². The highest BCUT2D eigenvalue weighted by molar-refractivity contribution is 5.95. The number of hydrogen-bond acceptors (Lipinski definition) is 4. The van der Waals surface area contributed by atoms with Gasteiger partial charge in [-0.15, -0.1) is 0 Å². The molecule has 1 amide bonds. The lowest BCUT2D eigenvalue weighted by Gasteiger charge is -2.20. The van der Waals surface area contributed by atoms with Crippen LogP contribution < -0.4 is 5.32 Å². The Labute approximate surface area is 112 Å². The van der Waals surface area contributed by atoms with Crippen molar-refractivity contribution in [1.82, 2.24) is 10.2 Å². The Morgan fingerprint density at radius 3 is 2.68 bits per heavy atom. The maximum absolute atomic E-state index is 11.6. The fraction of sp³-hybridized carbons (Fsp3) is 0.538. The number of nitrogens with zero attached hydrogens (tertiary/aromatic N) is 1. The van der Waals surface area contributed by atoms with Crippen LogP contribution in [-0.2, 0) is 0 Å². The highest BCUT2D eigenvalue weighted by Crippen LogP contribution is 2.07. The van der Waals surface area contributed by atoms with Crippen molar-refractivity contribution in [2.24, 2.45) is 0 Å². The SMILES string of the molecule is CC(C)N(C)CCCNC(=O)c1cc(C(=O)O)co1. The Balaban J connectivity index is 2.33. The number of carbonyl (C=O) groups excluding carboxylic acids is 1. The quantitative estimate of drug-likeness (QED) is 0.731. The van der Waals surface area contributed by atoms with E-state index >= 15 is 0 Å². The van der Waals surface area contributed by atoms with E-state index in [1.807, 2.05) is 7.05 Å². The number of carbonyl (C=O) groups is 2. The van der Waals surface area contributed by atoms with Gasteiger partial charge in [-0.05, 0) is 33.9 Å². The van der Waals surface area contributed by atoms with Crippen molar-refractivity contribution in [3.63, 3.8) is 0 Å². The van der Waals surface area contributed by atoms with E-state index in [1.54, 1.807) is 0 Å². The van der Waals surface area contributed by atoms with Crippen molar-refractivity contribution < 1.29 is 19.1 Å². The molecule has 0 saturated heterocycles. The molecule has 6 heteroatoms. The normalized spacial score (nSPS) is 11.0. The molecule has 0 radical (unpaired) electrons. The van der Waals surface area contributed by atoms with Crippen molar-refractivity contribution in [2.75, 3.05) is 20.1 Å². The first-order valence-corrected chi connectivity index (χ1v) is 6.22. The van der Waals surface area contributed by atoms with Crippen molar-refractivity contribution in [1.29, 1.82) is 0 Å². The fourth-order valence-electron chi connectivity index (χ4n) is 1.44. The van der Waals surface area contributed by atoms with Gasteiger partial charge in [-0.1, -0.05) is 0 Å². The lowest BCUT2D eigenvalue weighted by atomic mass is 10.3. The first-order chi connectivity index (χ1) is 8.91. The van der Waals surface area contributed by atoms with Gasteiger partial charge in [0.15, 0.2) is 5.76 Å². The summed E-state index contributed by atoms with van der Waals surface area (Å²) in [6, 6.07) is 1.69. The van der Waals surface area contributed by atoms with E-state index < -0.39 is 5.97 Å². The standard InChI is InChI=1S/C13H20N2O4/c1-9(2)15(3)6-4-5-14-12(16)11-7-10(8-19-11)13(17)18/h7-9H,4-6H2,1-3H3,(H,14,16)(H,17,18). The minimum Gasteiger partial charge on any atom is -0.478 e. The molecule has 0 spiro atoms. The molecule has 0 saturated carbocycles. The van der Waals surface area contributed by atoms with Gasteiger partial charge in [-0.3, -0.25) is 4.79 Å². The smallest absolute Gasteiger partial charge is 0.338 e. The van der Waals surface area contributed by atoms with Gasteiger partial charge < -0.3 is 19.7 Å². The van der Waals surface area contributed by atoms with Crippen LogP contribution in [0.4, 0.5) is 0 Å². The molecule has 106 valence electrons. The molecule has 0 atom stereocenters. The Morgan fingerprint density at radius 2 is 2.16 bits per heavy atom. The lowest BCUT2D eigenvalue weighted by Crippen LogP contribution is -2.31. The Hall–Kier alpha value is -1.82. The molecule has 1 heterocycles. The van der Waals surface area contributed by atoms with E-state index in [1.165, 1.54) is 6.07 Å². The second kappa shape index (κ2) is 6.94. The number of furan rings is 1. The molecule has 0 fully saturated rings. The fourth-order valence-corrected chi connectivity index (χ4v) is 1.44. The zero-order chi connectivity index (χ0) is 14.4. The maximum Gasteiger partial charge on any atom is 0.338 e. The first kappa shape index (κ1) is 15.2. The van der Waals surface area contributed by atoms with Crippen LogP contribution in [0.1, 0.15) is 41.2 Å². The van der Waals surface area contributed by atoms with E-state index in [9.17, 15) is 9.59 Å². The van der Waals surface area contributed by atoms with Crippen LogP contribution in [0.25, 0.3) is 0 Å². The summed E-state index contributed by atoms with van der Waals surface area (Å²) in [4.78, 5) is 24.5. The van der Waals surface area contributed by atoms with Gasteiger partial charge in [0.05, 0.1) is 5.56 Å². The molecule has 0 aliphatic heterocycles. The molecule has 1 aromatic rings. The number of carboxylic acids is 1. The minimum absolute atomic E-state index is 0.0228. The van der Waals surface area contributed by atoms with E-state index in [4.69, 9.17) is 9.52 Å². The van der Waals surface area contributed by atoms with Gasteiger partial charge in [0, 0.05) is 18.7 Å². The summed E-state index contributed by atoms with van der Waals surface area (Å²) in [7, 11) is 2.03. The Kier molecular flexibility index (Phi) is 5.57. The maximum atomic E-state index is 11.6. The lowest BCUT2D eigenvalue weighted by molar-refractivity contribution is 0.0696. The van der Waals surface area contributed by atoms with Gasteiger partial charge in [-0.2, -0.15) is 0 Å². The van der Waals surface area contributed by atoms with Crippen LogP contribution in [0, 0.1) is 0 Å². The Bertz CT molecular complexity index is 440. The third kappa shape index (κ3) is 4.75. The van der Waals surface area contributed by atoms with Gasteiger partial charge in [0.1, 0.15) is 6.26 Å². The van der Waals surface area contributed by atoms with E-state index in [0.717, 1.165) is 19.2 Å². The van der Waals surface area contributed by atoms with Crippen LogP contribution in [0.2, 0.25) is 0 Å². The molecular weight excluding hydrogens is 248 g/mol. The summed E-state index contributed by atoms with van der Waals surface area (Å²) in [5, 5.41) is 11.4. The van der Waals surface area contributed by atoms with Crippen LogP contribution in [-0.4, -0.2) is 48.1 Å². The van der Waals surface area contributed by atoms with Crippen LogP contribution in [0.5, 0.6) is 0 Å². The van der Waals surface area contributed by atoms with Crippen LogP contribution in [0.3, 0.4) is 0 Å². The number of rotatable bonds is 7.